The normalized spacial score (nSPS) is 13.8. The number of hydrogen-bond acceptors (Lipinski definition) is 2. The zero-order valence-electron chi connectivity index (χ0n) is 10.3. The molecule has 1 unspecified atom stereocenters. The molecule has 17 heavy (non-hydrogen) atoms. The lowest BCUT2D eigenvalue weighted by atomic mass is 9.95. The molecule has 1 aromatic rings. The lowest BCUT2D eigenvalue weighted by molar-refractivity contribution is -0.0955. The van der Waals surface area contributed by atoms with Gasteiger partial charge in [0.1, 0.15) is 5.82 Å². The maximum atomic E-state index is 12.9. The van der Waals surface area contributed by atoms with Crippen molar-refractivity contribution in [1.82, 2.24) is 0 Å². The molecule has 0 saturated heterocycles. The Morgan fingerprint density at radius 2 is 2.12 bits per heavy atom. The fourth-order valence-corrected chi connectivity index (χ4v) is 1.85. The molecule has 2 nitrogen and oxygen atoms in total. The van der Waals surface area contributed by atoms with Gasteiger partial charge in [-0.05, 0) is 38.5 Å². The third-order valence-corrected chi connectivity index (χ3v) is 3.10. The third kappa shape index (κ3) is 3.95. The van der Waals surface area contributed by atoms with Crippen LogP contribution in [0, 0.1) is 5.82 Å². The van der Waals surface area contributed by atoms with E-state index in [0.717, 1.165) is 0 Å². The molecule has 0 radical (unpaired) electrons. The van der Waals surface area contributed by atoms with Crippen LogP contribution in [0.25, 0.3) is 0 Å². The van der Waals surface area contributed by atoms with Crippen molar-refractivity contribution < 1.29 is 14.2 Å². The summed E-state index contributed by atoms with van der Waals surface area (Å²) < 4.78 is 18.3. The van der Waals surface area contributed by atoms with Crippen molar-refractivity contribution >= 4 is 11.6 Å². The molecule has 0 amide bonds. The first kappa shape index (κ1) is 14.4. The van der Waals surface area contributed by atoms with Gasteiger partial charge < -0.3 is 9.84 Å². The van der Waals surface area contributed by atoms with E-state index in [2.05, 4.69) is 0 Å². The first-order chi connectivity index (χ1) is 7.86. The molecule has 0 spiro atoms. The highest BCUT2D eigenvalue weighted by Crippen LogP contribution is 2.23. The van der Waals surface area contributed by atoms with E-state index >= 15 is 0 Å². The van der Waals surface area contributed by atoms with Crippen molar-refractivity contribution in [2.45, 2.75) is 38.9 Å². The Morgan fingerprint density at radius 1 is 1.47 bits per heavy atom. The van der Waals surface area contributed by atoms with Gasteiger partial charge in [-0.2, -0.15) is 0 Å². The van der Waals surface area contributed by atoms with E-state index in [0.29, 0.717) is 23.6 Å². The Bertz CT molecular complexity index is 380. The third-order valence-electron chi connectivity index (χ3n) is 2.75. The second kappa shape index (κ2) is 5.80. The van der Waals surface area contributed by atoms with E-state index in [4.69, 9.17) is 16.3 Å². The average molecular weight is 261 g/mol. The lowest BCUT2D eigenvalue weighted by Crippen LogP contribution is -2.40. The first-order valence-corrected chi connectivity index (χ1v) is 6.00. The van der Waals surface area contributed by atoms with Crippen LogP contribution < -0.4 is 0 Å². The van der Waals surface area contributed by atoms with Crippen LogP contribution in [0.4, 0.5) is 4.39 Å². The van der Waals surface area contributed by atoms with Crippen LogP contribution in [0.1, 0.15) is 26.3 Å². The Balaban J connectivity index is 2.77. The van der Waals surface area contributed by atoms with Crippen LogP contribution in [-0.2, 0) is 11.2 Å². The highest BCUT2D eigenvalue weighted by Gasteiger charge is 2.28. The number of rotatable bonds is 5. The van der Waals surface area contributed by atoms with E-state index in [9.17, 15) is 9.50 Å². The molecule has 0 saturated carbocycles. The van der Waals surface area contributed by atoms with Crippen LogP contribution >= 0.6 is 11.6 Å². The van der Waals surface area contributed by atoms with Gasteiger partial charge in [0.25, 0.3) is 0 Å². The van der Waals surface area contributed by atoms with Crippen LogP contribution in [0.3, 0.4) is 0 Å². The van der Waals surface area contributed by atoms with Gasteiger partial charge in [0.2, 0.25) is 0 Å². The molecular formula is C13H18ClFO2. The molecule has 0 aliphatic carbocycles. The summed E-state index contributed by atoms with van der Waals surface area (Å²) in [5.41, 5.74) is 0.0697. The zero-order chi connectivity index (χ0) is 13.1. The van der Waals surface area contributed by atoms with Crippen LogP contribution in [-0.4, -0.2) is 23.4 Å². The number of hydrogen-bond donors (Lipinski definition) is 1. The summed E-state index contributed by atoms with van der Waals surface area (Å²) in [5.74, 6) is -0.377. The molecule has 1 aromatic carbocycles. The van der Waals surface area contributed by atoms with Gasteiger partial charge in [0, 0.05) is 18.1 Å². The van der Waals surface area contributed by atoms with Crippen molar-refractivity contribution in [3.63, 3.8) is 0 Å². The first-order valence-electron chi connectivity index (χ1n) is 5.62. The minimum absolute atomic E-state index is 0.330. The number of aliphatic hydroxyl groups excluding tert-OH is 1. The highest BCUT2D eigenvalue weighted by atomic mass is 35.5. The summed E-state index contributed by atoms with van der Waals surface area (Å²) >= 11 is 5.91. The van der Waals surface area contributed by atoms with Gasteiger partial charge in [-0.15, -0.1) is 0 Å². The Kier molecular flexibility index (Phi) is 4.92. The average Bonchev–Trinajstić information content (AvgIpc) is 2.22. The smallest absolute Gasteiger partial charge is 0.124 e. The van der Waals surface area contributed by atoms with E-state index in [1.807, 2.05) is 20.8 Å². The zero-order valence-corrected chi connectivity index (χ0v) is 11.1. The monoisotopic (exact) mass is 260 g/mol. The van der Waals surface area contributed by atoms with Crippen molar-refractivity contribution in [1.29, 1.82) is 0 Å². The summed E-state index contributed by atoms with van der Waals surface area (Å²) in [7, 11) is 0. The van der Waals surface area contributed by atoms with Crippen LogP contribution in [0.2, 0.25) is 5.02 Å². The SMILES string of the molecule is CCOC(C)(C)C(O)Cc1ccc(F)cc1Cl. The minimum atomic E-state index is -0.689. The summed E-state index contributed by atoms with van der Waals surface area (Å²) in [6.45, 7) is 6.04. The summed E-state index contributed by atoms with van der Waals surface area (Å²) in [6.07, 6.45) is -0.350. The molecule has 0 aliphatic heterocycles. The second-order valence-corrected chi connectivity index (χ2v) is 4.90. The summed E-state index contributed by atoms with van der Waals surface area (Å²) in [6, 6.07) is 4.17. The predicted octanol–water partition coefficient (Wildman–Crippen LogP) is 3.20. The van der Waals surface area contributed by atoms with E-state index in [-0.39, 0.29) is 5.82 Å². The predicted molar refractivity (Wildman–Crippen MR) is 66.8 cm³/mol. The molecule has 1 N–H and O–H groups in total. The van der Waals surface area contributed by atoms with Crippen molar-refractivity contribution in [2.75, 3.05) is 6.61 Å². The van der Waals surface area contributed by atoms with E-state index < -0.39 is 11.7 Å². The van der Waals surface area contributed by atoms with Crippen molar-refractivity contribution in [2.24, 2.45) is 0 Å². The number of benzene rings is 1. The van der Waals surface area contributed by atoms with Crippen molar-refractivity contribution in [3.05, 3.63) is 34.6 Å². The Labute approximate surface area is 106 Å². The molecule has 1 rings (SSSR count). The van der Waals surface area contributed by atoms with Crippen molar-refractivity contribution in [3.8, 4) is 0 Å². The number of aliphatic hydroxyl groups is 1. The van der Waals surface area contributed by atoms with Gasteiger partial charge in [-0.1, -0.05) is 17.7 Å². The van der Waals surface area contributed by atoms with E-state index in [1.165, 1.54) is 12.1 Å². The van der Waals surface area contributed by atoms with Gasteiger partial charge in [-0.3, -0.25) is 0 Å². The lowest BCUT2D eigenvalue weighted by Gasteiger charge is -2.30. The molecule has 0 fully saturated rings. The van der Waals surface area contributed by atoms with Gasteiger partial charge in [-0.25, -0.2) is 4.39 Å². The quantitative estimate of drug-likeness (QED) is 0.881. The molecule has 4 heteroatoms. The Hall–Kier alpha value is -0.640. The maximum absolute atomic E-state index is 12.9. The highest BCUT2D eigenvalue weighted by molar-refractivity contribution is 6.31. The van der Waals surface area contributed by atoms with Crippen LogP contribution in [0.15, 0.2) is 18.2 Å². The summed E-state index contributed by atoms with van der Waals surface area (Å²) in [5, 5.41) is 10.4. The standard InChI is InChI=1S/C13H18ClFO2/c1-4-17-13(2,3)12(16)7-9-5-6-10(15)8-11(9)14/h5-6,8,12,16H,4,7H2,1-3H3. The van der Waals surface area contributed by atoms with Gasteiger partial charge in [0.15, 0.2) is 0 Å². The maximum Gasteiger partial charge on any atom is 0.124 e. The molecule has 96 valence electrons. The fourth-order valence-electron chi connectivity index (χ4n) is 1.61. The van der Waals surface area contributed by atoms with Gasteiger partial charge in [0.05, 0.1) is 11.7 Å². The molecule has 1 atom stereocenters. The molecule has 0 aliphatic rings. The van der Waals surface area contributed by atoms with E-state index in [1.54, 1.807) is 6.07 Å². The largest absolute Gasteiger partial charge is 0.390 e. The second-order valence-electron chi connectivity index (χ2n) is 4.49. The van der Waals surface area contributed by atoms with Gasteiger partial charge >= 0.3 is 0 Å². The number of ether oxygens (including phenoxy) is 1. The molecule has 0 aromatic heterocycles. The molecular weight excluding hydrogens is 243 g/mol. The number of halogens is 2. The molecule has 0 heterocycles. The summed E-state index contributed by atoms with van der Waals surface area (Å²) in [4.78, 5) is 0. The van der Waals surface area contributed by atoms with Crippen LogP contribution in [0.5, 0.6) is 0 Å². The fraction of sp³-hybridized carbons (Fsp3) is 0.538. The topological polar surface area (TPSA) is 29.5 Å². The minimum Gasteiger partial charge on any atom is -0.390 e. The molecule has 0 bridgehead atoms. The Morgan fingerprint density at radius 3 is 2.65 bits per heavy atom.